The maximum Gasteiger partial charge on any atom is 0.0884 e. The summed E-state index contributed by atoms with van der Waals surface area (Å²) in [5, 5.41) is 0. The van der Waals surface area contributed by atoms with Crippen LogP contribution in [0.15, 0.2) is 11.8 Å². The number of allylic oxidation sites excluding steroid dienone is 2. The molecular weight excluding hydrogens is 220 g/mol. The SMILES string of the molecule is CCCCC(CC=C(C)OC)C(C)CC(C)(C)C. The minimum atomic E-state index is 0.434. The molecule has 0 amide bonds. The van der Waals surface area contributed by atoms with E-state index in [2.05, 4.69) is 40.7 Å². The molecule has 2 atom stereocenters. The van der Waals surface area contributed by atoms with Crippen molar-refractivity contribution in [2.24, 2.45) is 17.3 Å². The van der Waals surface area contributed by atoms with Crippen molar-refractivity contribution in [2.75, 3.05) is 7.11 Å². The zero-order chi connectivity index (χ0) is 14.2. The molecule has 108 valence electrons. The van der Waals surface area contributed by atoms with Gasteiger partial charge in [-0.2, -0.15) is 0 Å². The third kappa shape index (κ3) is 8.60. The molecule has 0 heterocycles. The Balaban J connectivity index is 4.46. The van der Waals surface area contributed by atoms with Gasteiger partial charge in [0.05, 0.1) is 12.9 Å². The molecule has 0 N–H and O–H groups in total. The molecule has 1 nitrogen and oxygen atoms in total. The van der Waals surface area contributed by atoms with E-state index in [0.717, 1.165) is 24.0 Å². The first kappa shape index (κ1) is 17.5. The second-order valence-electron chi connectivity index (χ2n) is 6.90. The molecule has 18 heavy (non-hydrogen) atoms. The highest BCUT2D eigenvalue weighted by molar-refractivity contribution is 4.90. The van der Waals surface area contributed by atoms with Gasteiger partial charge in [0, 0.05) is 0 Å². The van der Waals surface area contributed by atoms with Crippen molar-refractivity contribution in [1.82, 2.24) is 0 Å². The topological polar surface area (TPSA) is 9.23 Å². The molecule has 0 saturated carbocycles. The van der Waals surface area contributed by atoms with Gasteiger partial charge in [-0.25, -0.2) is 0 Å². The van der Waals surface area contributed by atoms with Crippen LogP contribution in [0, 0.1) is 17.3 Å². The normalized spacial score (nSPS) is 16.5. The summed E-state index contributed by atoms with van der Waals surface area (Å²) in [7, 11) is 1.76. The van der Waals surface area contributed by atoms with E-state index in [1.807, 2.05) is 6.92 Å². The highest BCUT2D eigenvalue weighted by Gasteiger charge is 2.22. The highest BCUT2D eigenvalue weighted by atomic mass is 16.5. The Bertz CT molecular complexity index is 234. The van der Waals surface area contributed by atoms with Crippen LogP contribution < -0.4 is 0 Å². The van der Waals surface area contributed by atoms with E-state index in [0.29, 0.717) is 5.41 Å². The molecule has 0 fully saturated rings. The van der Waals surface area contributed by atoms with Crippen LogP contribution in [0.3, 0.4) is 0 Å². The Kier molecular flexibility index (Phi) is 8.39. The lowest BCUT2D eigenvalue weighted by molar-refractivity contribution is 0.224. The van der Waals surface area contributed by atoms with E-state index >= 15 is 0 Å². The third-order valence-electron chi connectivity index (χ3n) is 3.70. The monoisotopic (exact) mass is 254 g/mol. The van der Waals surface area contributed by atoms with Gasteiger partial charge in [-0.15, -0.1) is 0 Å². The Morgan fingerprint density at radius 2 is 1.89 bits per heavy atom. The van der Waals surface area contributed by atoms with Crippen molar-refractivity contribution in [3.05, 3.63) is 11.8 Å². The number of methoxy groups -OCH3 is 1. The van der Waals surface area contributed by atoms with Gasteiger partial charge in [0.15, 0.2) is 0 Å². The lowest BCUT2D eigenvalue weighted by Gasteiger charge is -2.29. The smallest absolute Gasteiger partial charge is 0.0884 e. The molecule has 0 bridgehead atoms. The quantitative estimate of drug-likeness (QED) is 0.497. The number of rotatable bonds is 8. The first-order valence-corrected chi connectivity index (χ1v) is 7.51. The van der Waals surface area contributed by atoms with Crippen LogP contribution in [-0.4, -0.2) is 7.11 Å². The van der Waals surface area contributed by atoms with Crippen LogP contribution in [0.25, 0.3) is 0 Å². The van der Waals surface area contributed by atoms with Crippen molar-refractivity contribution in [1.29, 1.82) is 0 Å². The third-order valence-corrected chi connectivity index (χ3v) is 3.70. The second kappa shape index (κ2) is 8.61. The Morgan fingerprint density at radius 1 is 1.28 bits per heavy atom. The van der Waals surface area contributed by atoms with Crippen molar-refractivity contribution in [3.63, 3.8) is 0 Å². The van der Waals surface area contributed by atoms with Crippen molar-refractivity contribution in [2.45, 2.75) is 73.6 Å². The number of unbranched alkanes of at least 4 members (excludes halogenated alkanes) is 1. The summed E-state index contributed by atoms with van der Waals surface area (Å²) in [5.41, 5.74) is 0.434. The maximum atomic E-state index is 5.25. The molecule has 0 radical (unpaired) electrons. The number of hydrogen-bond donors (Lipinski definition) is 0. The molecule has 0 aliphatic heterocycles. The first-order valence-electron chi connectivity index (χ1n) is 7.51. The van der Waals surface area contributed by atoms with E-state index in [1.165, 1.54) is 25.7 Å². The fraction of sp³-hybridized carbons (Fsp3) is 0.882. The van der Waals surface area contributed by atoms with Gasteiger partial charge in [-0.1, -0.05) is 47.5 Å². The van der Waals surface area contributed by atoms with Gasteiger partial charge in [0.25, 0.3) is 0 Å². The summed E-state index contributed by atoms with van der Waals surface area (Å²) in [5.74, 6) is 2.64. The minimum absolute atomic E-state index is 0.434. The molecule has 0 aromatic heterocycles. The van der Waals surface area contributed by atoms with Crippen molar-refractivity contribution >= 4 is 0 Å². The lowest BCUT2D eigenvalue weighted by Crippen LogP contribution is -2.18. The summed E-state index contributed by atoms with van der Waals surface area (Å²) in [6.45, 7) is 13.8. The highest BCUT2D eigenvalue weighted by Crippen LogP contribution is 2.33. The number of ether oxygens (including phenoxy) is 1. The summed E-state index contributed by atoms with van der Waals surface area (Å²) >= 11 is 0. The minimum Gasteiger partial charge on any atom is -0.502 e. The zero-order valence-electron chi connectivity index (χ0n) is 13.7. The fourth-order valence-corrected chi connectivity index (χ4v) is 2.63. The van der Waals surface area contributed by atoms with Gasteiger partial charge in [-0.05, 0) is 49.5 Å². The van der Waals surface area contributed by atoms with Gasteiger partial charge < -0.3 is 4.74 Å². The van der Waals surface area contributed by atoms with Gasteiger partial charge >= 0.3 is 0 Å². The second-order valence-corrected chi connectivity index (χ2v) is 6.90. The summed E-state index contributed by atoms with van der Waals surface area (Å²) < 4.78 is 5.25. The molecule has 0 saturated heterocycles. The molecule has 0 spiro atoms. The van der Waals surface area contributed by atoms with Crippen LogP contribution in [0.1, 0.15) is 73.6 Å². The predicted octanol–water partition coefficient (Wildman–Crippen LogP) is 5.81. The summed E-state index contributed by atoms with van der Waals surface area (Å²) in [6, 6.07) is 0. The lowest BCUT2D eigenvalue weighted by atomic mass is 9.76. The van der Waals surface area contributed by atoms with Crippen molar-refractivity contribution in [3.8, 4) is 0 Å². The molecule has 1 heteroatoms. The molecular formula is C17H34O. The standard InChI is InChI=1S/C17H34O/c1-8-9-10-16(12-11-15(3)18-7)14(2)13-17(4,5)6/h11,14,16H,8-10,12-13H2,1-7H3. The van der Waals surface area contributed by atoms with Crippen molar-refractivity contribution < 1.29 is 4.74 Å². The van der Waals surface area contributed by atoms with Gasteiger partial charge in [-0.3, -0.25) is 0 Å². The van der Waals surface area contributed by atoms with Gasteiger partial charge in [0.1, 0.15) is 0 Å². The zero-order valence-corrected chi connectivity index (χ0v) is 13.7. The maximum absolute atomic E-state index is 5.25. The molecule has 0 aliphatic carbocycles. The van der Waals surface area contributed by atoms with E-state index in [4.69, 9.17) is 4.74 Å². The number of hydrogen-bond acceptors (Lipinski definition) is 1. The van der Waals surface area contributed by atoms with Crippen LogP contribution in [-0.2, 0) is 4.74 Å². The van der Waals surface area contributed by atoms with Crippen LogP contribution in [0.4, 0.5) is 0 Å². The summed E-state index contributed by atoms with van der Waals surface area (Å²) in [6.07, 6.45) is 8.73. The molecule has 0 rings (SSSR count). The predicted molar refractivity (Wildman–Crippen MR) is 81.6 cm³/mol. The fourth-order valence-electron chi connectivity index (χ4n) is 2.63. The molecule has 0 aliphatic rings. The Morgan fingerprint density at radius 3 is 2.33 bits per heavy atom. The van der Waals surface area contributed by atoms with E-state index in [-0.39, 0.29) is 0 Å². The van der Waals surface area contributed by atoms with E-state index in [9.17, 15) is 0 Å². The molecule has 0 aromatic rings. The van der Waals surface area contributed by atoms with E-state index < -0.39 is 0 Å². The summed E-state index contributed by atoms with van der Waals surface area (Å²) in [4.78, 5) is 0. The van der Waals surface area contributed by atoms with Crippen LogP contribution >= 0.6 is 0 Å². The Hall–Kier alpha value is -0.460. The first-order chi connectivity index (χ1) is 8.30. The average molecular weight is 254 g/mol. The van der Waals surface area contributed by atoms with Gasteiger partial charge in [0.2, 0.25) is 0 Å². The van der Waals surface area contributed by atoms with E-state index in [1.54, 1.807) is 7.11 Å². The largest absolute Gasteiger partial charge is 0.502 e. The average Bonchev–Trinajstić information content (AvgIpc) is 2.26. The molecule has 0 aromatic carbocycles. The van der Waals surface area contributed by atoms with Crippen LogP contribution in [0.2, 0.25) is 0 Å². The Labute approximate surface area is 115 Å². The van der Waals surface area contributed by atoms with Crippen LogP contribution in [0.5, 0.6) is 0 Å². The molecule has 2 unspecified atom stereocenters.